The van der Waals surface area contributed by atoms with Crippen molar-refractivity contribution in [1.29, 1.82) is 0 Å². The van der Waals surface area contributed by atoms with Crippen molar-refractivity contribution in [3.8, 4) is 0 Å². The third-order valence-electron chi connectivity index (χ3n) is 4.37. The molecule has 0 heterocycles. The smallest absolute Gasteiger partial charge is 0.0342 e. The van der Waals surface area contributed by atoms with E-state index in [0.29, 0.717) is 17.3 Å². The van der Waals surface area contributed by atoms with Gasteiger partial charge in [-0.05, 0) is 41.9 Å². The van der Waals surface area contributed by atoms with Crippen LogP contribution in [-0.4, -0.2) is 6.54 Å². The molecule has 1 aromatic rings. The Bertz CT molecular complexity index is 352. The van der Waals surface area contributed by atoms with Gasteiger partial charge in [0, 0.05) is 12.2 Å². The predicted octanol–water partition coefficient (Wildman–Crippen LogP) is 4.90. The van der Waals surface area contributed by atoms with E-state index in [0.717, 1.165) is 6.54 Å². The number of benzene rings is 1. The molecule has 1 unspecified atom stereocenters. The van der Waals surface area contributed by atoms with Gasteiger partial charge in [0.15, 0.2) is 0 Å². The lowest BCUT2D eigenvalue weighted by molar-refractivity contribution is 0.203. The minimum absolute atomic E-state index is 0.324. The Morgan fingerprint density at radius 1 is 1.18 bits per heavy atom. The molecule has 1 rings (SSSR count). The molecule has 1 aromatic carbocycles. The molecule has 0 fully saturated rings. The molecule has 0 aliphatic heterocycles. The molecule has 1 heteroatoms. The van der Waals surface area contributed by atoms with Crippen LogP contribution in [0.25, 0.3) is 0 Å². The lowest BCUT2D eigenvalue weighted by Crippen LogP contribution is -2.26. The highest BCUT2D eigenvalue weighted by molar-refractivity contribution is 5.46. The van der Waals surface area contributed by atoms with Crippen LogP contribution in [0.3, 0.4) is 0 Å². The van der Waals surface area contributed by atoms with Gasteiger partial charge in [0.05, 0.1) is 0 Å². The summed E-state index contributed by atoms with van der Waals surface area (Å²) in [5.74, 6) is 1.25. The summed E-state index contributed by atoms with van der Waals surface area (Å²) in [4.78, 5) is 0. The van der Waals surface area contributed by atoms with Gasteiger partial charge in [-0.1, -0.05) is 46.8 Å². The second-order valence-electron chi connectivity index (χ2n) is 5.85. The third kappa shape index (κ3) is 3.24. The van der Waals surface area contributed by atoms with E-state index >= 15 is 0 Å². The molecule has 0 aliphatic carbocycles. The zero-order valence-corrected chi connectivity index (χ0v) is 12.2. The molecule has 1 atom stereocenters. The Kier molecular flexibility index (Phi) is 4.62. The van der Waals surface area contributed by atoms with Crippen LogP contribution in [0.5, 0.6) is 0 Å². The summed E-state index contributed by atoms with van der Waals surface area (Å²) < 4.78 is 0. The average molecular weight is 233 g/mol. The van der Waals surface area contributed by atoms with Crippen molar-refractivity contribution in [1.82, 2.24) is 0 Å². The summed E-state index contributed by atoms with van der Waals surface area (Å²) in [6.45, 7) is 14.8. The molecule has 1 nitrogen and oxygen atoms in total. The van der Waals surface area contributed by atoms with Crippen LogP contribution < -0.4 is 5.32 Å². The minimum Gasteiger partial charge on any atom is -0.385 e. The summed E-state index contributed by atoms with van der Waals surface area (Å²) in [5, 5.41) is 3.38. The van der Waals surface area contributed by atoms with Crippen LogP contribution in [0.4, 0.5) is 5.69 Å². The van der Waals surface area contributed by atoms with E-state index in [9.17, 15) is 0 Å². The zero-order valence-electron chi connectivity index (χ0n) is 12.2. The van der Waals surface area contributed by atoms with E-state index < -0.39 is 0 Å². The maximum atomic E-state index is 3.38. The molecular formula is C16H27N. The Labute approximate surface area is 107 Å². The highest BCUT2D eigenvalue weighted by atomic mass is 14.8. The largest absolute Gasteiger partial charge is 0.385 e. The Balaban J connectivity index is 2.96. The van der Waals surface area contributed by atoms with E-state index in [2.05, 4.69) is 71.1 Å². The highest BCUT2D eigenvalue weighted by Crippen LogP contribution is 2.41. The molecule has 0 aromatic heterocycles. The van der Waals surface area contributed by atoms with Crippen molar-refractivity contribution >= 4 is 5.69 Å². The Morgan fingerprint density at radius 3 is 2.35 bits per heavy atom. The van der Waals surface area contributed by atoms with Gasteiger partial charge in [0.1, 0.15) is 0 Å². The third-order valence-corrected chi connectivity index (χ3v) is 4.37. The van der Waals surface area contributed by atoms with Crippen molar-refractivity contribution in [2.24, 2.45) is 11.3 Å². The van der Waals surface area contributed by atoms with Crippen LogP contribution in [0.1, 0.15) is 53.0 Å². The van der Waals surface area contributed by atoms with Gasteiger partial charge >= 0.3 is 0 Å². The first-order chi connectivity index (χ1) is 7.89. The normalized spacial score (nSPS) is 13.8. The van der Waals surface area contributed by atoms with Crippen molar-refractivity contribution < 1.29 is 0 Å². The van der Waals surface area contributed by atoms with Gasteiger partial charge in [0.2, 0.25) is 0 Å². The summed E-state index contributed by atoms with van der Waals surface area (Å²) in [5.41, 5.74) is 2.99. The summed E-state index contributed by atoms with van der Waals surface area (Å²) in [6, 6.07) is 8.83. The van der Waals surface area contributed by atoms with E-state index in [1.54, 1.807) is 0 Å². The van der Waals surface area contributed by atoms with E-state index in [1.807, 2.05) is 0 Å². The van der Waals surface area contributed by atoms with Gasteiger partial charge in [-0.3, -0.25) is 0 Å². The number of anilines is 1. The second-order valence-corrected chi connectivity index (χ2v) is 5.85. The Hall–Kier alpha value is -0.980. The molecule has 0 aliphatic rings. The molecule has 0 spiro atoms. The van der Waals surface area contributed by atoms with Crippen molar-refractivity contribution in [2.45, 2.75) is 47.5 Å². The fourth-order valence-corrected chi connectivity index (χ4v) is 2.05. The lowest BCUT2D eigenvalue weighted by Gasteiger charge is -2.36. The van der Waals surface area contributed by atoms with Crippen molar-refractivity contribution in [3.63, 3.8) is 0 Å². The number of nitrogens with one attached hydrogen (secondary N) is 1. The maximum Gasteiger partial charge on any atom is 0.0342 e. The SMILES string of the molecule is CCNc1cccc(C(C)C(C)(C)C(C)C)c1. The quantitative estimate of drug-likeness (QED) is 0.762. The van der Waals surface area contributed by atoms with E-state index in [1.165, 1.54) is 11.3 Å². The van der Waals surface area contributed by atoms with Crippen LogP contribution in [-0.2, 0) is 0 Å². The summed E-state index contributed by atoms with van der Waals surface area (Å²) in [7, 11) is 0. The number of hydrogen-bond donors (Lipinski definition) is 1. The molecular weight excluding hydrogens is 206 g/mol. The monoisotopic (exact) mass is 233 g/mol. The summed E-state index contributed by atoms with van der Waals surface area (Å²) >= 11 is 0. The van der Waals surface area contributed by atoms with Gasteiger partial charge in [-0.25, -0.2) is 0 Å². The van der Waals surface area contributed by atoms with Gasteiger partial charge < -0.3 is 5.32 Å². The van der Waals surface area contributed by atoms with Gasteiger partial charge in [-0.2, -0.15) is 0 Å². The van der Waals surface area contributed by atoms with Gasteiger partial charge in [0.25, 0.3) is 0 Å². The average Bonchev–Trinajstić information content (AvgIpc) is 2.28. The van der Waals surface area contributed by atoms with Crippen LogP contribution in [0, 0.1) is 11.3 Å². The molecule has 0 radical (unpaired) electrons. The van der Waals surface area contributed by atoms with E-state index in [4.69, 9.17) is 0 Å². The van der Waals surface area contributed by atoms with Crippen LogP contribution >= 0.6 is 0 Å². The van der Waals surface area contributed by atoms with Crippen LogP contribution in [0.15, 0.2) is 24.3 Å². The highest BCUT2D eigenvalue weighted by Gasteiger charge is 2.30. The predicted molar refractivity (Wildman–Crippen MR) is 77.6 cm³/mol. The first-order valence-electron chi connectivity index (χ1n) is 6.73. The Morgan fingerprint density at radius 2 is 1.82 bits per heavy atom. The summed E-state index contributed by atoms with van der Waals surface area (Å²) in [6.07, 6.45) is 0. The fourth-order valence-electron chi connectivity index (χ4n) is 2.05. The van der Waals surface area contributed by atoms with Gasteiger partial charge in [-0.15, -0.1) is 0 Å². The molecule has 0 saturated heterocycles. The first kappa shape index (κ1) is 14.1. The lowest BCUT2D eigenvalue weighted by atomic mass is 9.69. The van der Waals surface area contributed by atoms with E-state index in [-0.39, 0.29) is 0 Å². The second kappa shape index (κ2) is 5.57. The fraction of sp³-hybridized carbons (Fsp3) is 0.625. The molecule has 1 N–H and O–H groups in total. The molecule has 0 bridgehead atoms. The van der Waals surface area contributed by atoms with Crippen molar-refractivity contribution in [2.75, 3.05) is 11.9 Å². The molecule has 0 saturated carbocycles. The van der Waals surface area contributed by atoms with Crippen molar-refractivity contribution in [3.05, 3.63) is 29.8 Å². The minimum atomic E-state index is 0.324. The standard InChI is InChI=1S/C16H27N/c1-7-17-15-10-8-9-14(11-15)13(4)16(5,6)12(2)3/h8-13,17H,7H2,1-6H3. The molecule has 96 valence electrons. The topological polar surface area (TPSA) is 12.0 Å². The zero-order chi connectivity index (χ0) is 13.1. The number of rotatable bonds is 5. The molecule has 17 heavy (non-hydrogen) atoms. The molecule has 0 amide bonds. The van der Waals surface area contributed by atoms with Crippen LogP contribution in [0.2, 0.25) is 0 Å². The number of hydrogen-bond acceptors (Lipinski definition) is 1. The maximum absolute atomic E-state index is 3.38. The first-order valence-corrected chi connectivity index (χ1v) is 6.73.